The first-order valence-corrected chi connectivity index (χ1v) is 15.6. The molecule has 3 atom stereocenters. The van der Waals surface area contributed by atoms with Gasteiger partial charge in [0.2, 0.25) is 0 Å². The van der Waals surface area contributed by atoms with Gasteiger partial charge in [-0.2, -0.15) is 0 Å². The number of hydrogen-bond donors (Lipinski definition) is 0. The lowest BCUT2D eigenvalue weighted by atomic mass is 9.98. The highest BCUT2D eigenvalue weighted by Gasteiger charge is 2.41. The summed E-state index contributed by atoms with van der Waals surface area (Å²) in [6.07, 6.45) is 16.2. The van der Waals surface area contributed by atoms with Gasteiger partial charge in [0.05, 0.1) is 18.8 Å². The van der Waals surface area contributed by atoms with E-state index in [-0.39, 0.29) is 12.2 Å². The van der Waals surface area contributed by atoms with E-state index in [1.165, 1.54) is 51.4 Å². The summed E-state index contributed by atoms with van der Waals surface area (Å²) in [4.78, 5) is 0. The van der Waals surface area contributed by atoms with Crippen LogP contribution in [0.25, 0.3) is 0 Å². The SMILES string of the molecule is [B][C@H]1CN(P(=O)(OC(CCCCCCC)CCCCCCC)N(C)C)C[C@@H](COCCCC)O1. The predicted octanol–water partition coefficient (Wildman–Crippen LogP) is 6.77. The topological polar surface area (TPSA) is 51.2 Å². The number of rotatable bonds is 21. The molecule has 2 radical (unpaired) electrons. The Morgan fingerprint density at radius 3 is 2.00 bits per heavy atom. The molecule has 0 aromatic carbocycles. The Bertz CT molecular complexity index is 527. The van der Waals surface area contributed by atoms with Crippen LogP contribution < -0.4 is 0 Å². The van der Waals surface area contributed by atoms with E-state index in [9.17, 15) is 4.57 Å². The molecule has 0 aromatic heterocycles. The van der Waals surface area contributed by atoms with Crippen LogP contribution in [-0.4, -0.2) is 75.8 Å². The largest absolute Gasteiger partial charge is 0.380 e. The van der Waals surface area contributed by atoms with E-state index in [1.807, 2.05) is 18.8 Å². The smallest absolute Gasteiger partial charge is 0.345 e. The number of nitrogens with zero attached hydrogens (tertiary/aromatic N) is 2. The van der Waals surface area contributed by atoms with Crippen LogP contribution in [0, 0.1) is 0 Å². The second kappa shape index (κ2) is 19.2. The highest BCUT2D eigenvalue weighted by molar-refractivity contribution is 7.53. The zero-order valence-electron chi connectivity index (χ0n) is 23.0. The van der Waals surface area contributed by atoms with Crippen molar-refractivity contribution >= 4 is 15.5 Å². The summed E-state index contributed by atoms with van der Waals surface area (Å²) < 4.78 is 36.2. The van der Waals surface area contributed by atoms with Crippen molar-refractivity contribution in [3.63, 3.8) is 0 Å². The van der Waals surface area contributed by atoms with E-state index in [2.05, 4.69) is 20.8 Å². The lowest BCUT2D eigenvalue weighted by Crippen LogP contribution is -2.49. The Balaban J connectivity index is 2.79. The minimum absolute atomic E-state index is 0.00908. The molecule has 8 heteroatoms. The van der Waals surface area contributed by atoms with Crippen LogP contribution in [0.3, 0.4) is 0 Å². The van der Waals surface area contributed by atoms with Gasteiger partial charge in [-0.1, -0.05) is 91.4 Å². The number of hydrogen-bond acceptors (Lipinski definition) is 4. The summed E-state index contributed by atoms with van der Waals surface area (Å²) >= 11 is 0. The van der Waals surface area contributed by atoms with E-state index in [0.717, 1.165) is 38.5 Å². The van der Waals surface area contributed by atoms with E-state index < -0.39 is 13.7 Å². The zero-order valence-corrected chi connectivity index (χ0v) is 23.9. The molecule has 6 nitrogen and oxygen atoms in total. The van der Waals surface area contributed by atoms with Crippen LogP contribution in [0.2, 0.25) is 0 Å². The fourth-order valence-electron chi connectivity index (χ4n) is 4.42. The van der Waals surface area contributed by atoms with Gasteiger partial charge >= 0.3 is 7.67 Å². The Morgan fingerprint density at radius 1 is 0.912 bits per heavy atom. The third-order valence-electron chi connectivity index (χ3n) is 6.53. The van der Waals surface area contributed by atoms with E-state index in [1.54, 1.807) is 4.67 Å². The first kappa shape index (κ1) is 32.1. The van der Waals surface area contributed by atoms with Crippen molar-refractivity contribution in [2.75, 3.05) is 40.4 Å². The maximum absolute atomic E-state index is 14.3. The van der Waals surface area contributed by atoms with Gasteiger partial charge in [0.25, 0.3) is 0 Å². The summed E-state index contributed by atoms with van der Waals surface area (Å²) in [7, 11) is 6.71. The lowest BCUT2D eigenvalue weighted by molar-refractivity contribution is -0.0724. The summed E-state index contributed by atoms with van der Waals surface area (Å²) in [6, 6.07) is -0.494. The van der Waals surface area contributed by atoms with Crippen molar-refractivity contribution < 1.29 is 18.6 Å². The summed E-state index contributed by atoms with van der Waals surface area (Å²) in [6.45, 7) is 8.72. The number of ether oxygens (including phenoxy) is 2. The average molecular weight is 501 g/mol. The van der Waals surface area contributed by atoms with Crippen LogP contribution in [-0.2, 0) is 18.6 Å². The van der Waals surface area contributed by atoms with Gasteiger partial charge in [0.15, 0.2) is 0 Å². The fraction of sp³-hybridized carbons (Fsp3) is 1.00. The molecule has 0 aliphatic carbocycles. The Morgan fingerprint density at radius 2 is 1.47 bits per heavy atom. The lowest BCUT2D eigenvalue weighted by Gasteiger charge is -2.43. The molecular weight excluding hydrogens is 446 g/mol. The molecular formula is C26H54BN2O4P. The molecule has 1 heterocycles. The zero-order chi connectivity index (χ0) is 25.2. The van der Waals surface area contributed by atoms with Crippen molar-refractivity contribution in [2.24, 2.45) is 0 Å². The molecule has 34 heavy (non-hydrogen) atoms. The van der Waals surface area contributed by atoms with Gasteiger partial charge in [-0.25, -0.2) is 9.34 Å². The molecule has 1 aliphatic heterocycles. The third-order valence-corrected chi connectivity index (χ3v) is 9.15. The van der Waals surface area contributed by atoms with E-state index in [0.29, 0.717) is 26.3 Å². The maximum atomic E-state index is 14.3. The van der Waals surface area contributed by atoms with Crippen molar-refractivity contribution in [1.82, 2.24) is 9.34 Å². The van der Waals surface area contributed by atoms with Crippen LogP contribution in [0.5, 0.6) is 0 Å². The highest BCUT2D eigenvalue weighted by atomic mass is 31.2. The molecule has 200 valence electrons. The highest BCUT2D eigenvalue weighted by Crippen LogP contribution is 2.55. The Kier molecular flexibility index (Phi) is 18.2. The second-order valence-electron chi connectivity index (χ2n) is 10.1. The van der Waals surface area contributed by atoms with Gasteiger partial charge in [-0.3, -0.25) is 4.57 Å². The standard InChI is InChI=1S/C26H54BN2O4P/c1-6-9-12-14-16-18-24(19-17-15-13-10-7-2)33-34(30,28(4)5)29-21-25(32-26(27)22-29)23-31-20-11-8-3/h24-26H,6-23H2,1-5H3/t25-,26+,34?/m0/s1. The quantitative estimate of drug-likeness (QED) is 0.0985. The monoisotopic (exact) mass is 500 g/mol. The predicted molar refractivity (Wildman–Crippen MR) is 145 cm³/mol. The maximum Gasteiger partial charge on any atom is 0.345 e. The second-order valence-corrected chi connectivity index (χ2v) is 12.6. The van der Waals surface area contributed by atoms with Crippen molar-refractivity contribution in [3.05, 3.63) is 0 Å². The molecule has 0 N–H and O–H groups in total. The van der Waals surface area contributed by atoms with Gasteiger partial charge in [-0.15, -0.1) is 0 Å². The molecule has 1 rings (SSSR count). The minimum Gasteiger partial charge on any atom is -0.380 e. The molecule has 1 fully saturated rings. The molecule has 1 unspecified atom stereocenters. The molecule has 0 amide bonds. The number of morpholine rings is 1. The van der Waals surface area contributed by atoms with Gasteiger partial charge in [-0.05, 0) is 33.4 Å². The summed E-state index contributed by atoms with van der Waals surface area (Å²) in [5.74, 6) is 0. The normalized spacial score (nSPS) is 21.4. The van der Waals surface area contributed by atoms with Gasteiger partial charge < -0.3 is 14.0 Å². The van der Waals surface area contributed by atoms with Crippen LogP contribution in [0.15, 0.2) is 0 Å². The van der Waals surface area contributed by atoms with Crippen LogP contribution in [0.1, 0.15) is 111 Å². The Hall–Kier alpha value is 0.0949. The van der Waals surface area contributed by atoms with E-state index >= 15 is 0 Å². The number of unbranched alkanes of at least 4 members (excludes halogenated alkanes) is 9. The molecule has 0 saturated carbocycles. The molecule has 1 aliphatic rings. The Labute approximate surface area is 212 Å². The fourth-order valence-corrected chi connectivity index (χ4v) is 6.60. The molecule has 0 spiro atoms. The van der Waals surface area contributed by atoms with Crippen molar-refractivity contribution in [2.45, 2.75) is 129 Å². The van der Waals surface area contributed by atoms with Crippen LogP contribution >= 0.6 is 7.67 Å². The molecule has 1 saturated heterocycles. The molecule has 0 bridgehead atoms. The summed E-state index contributed by atoms with van der Waals surface area (Å²) in [5.41, 5.74) is 0. The van der Waals surface area contributed by atoms with Crippen molar-refractivity contribution in [1.29, 1.82) is 0 Å². The van der Waals surface area contributed by atoms with Gasteiger partial charge in [0.1, 0.15) is 7.85 Å². The van der Waals surface area contributed by atoms with E-state index in [4.69, 9.17) is 21.8 Å². The first-order chi connectivity index (χ1) is 16.4. The first-order valence-electron chi connectivity index (χ1n) is 14.1. The third kappa shape index (κ3) is 12.9. The van der Waals surface area contributed by atoms with Gasteiger partial charge in [0, 0.05) is 25.7 Å². The minimum atomic E-state index is -3.21. The summed E-state index contributed by atoms with van der Waals surface area (Å²) in [5, 5.41) is 0. The molecule has 0 aromatic rings. The van der Waals surface area contributed by atoms with Crippen molar-refractivity contribution in [3.8, 4) is 0 Å². The van der Waals surface area contributed by atoms with Crippen LogP contribution in [0.4, 0.5) is 0 Å². The average Bonchev–Trinajstić information content (AvgIpc) is 2.80.